The van der Waals surface area contributed by atoms with Crippen LogP contribution in [0, 0.1) is 49.4 Å². The summed E-state index contributed by atoms with van der Waals surface area (Å²) in [5.74, 6) is 0.226. The second-order valence-corrected chi connectivity index (χ2v) is 3.80. The molecule has 0 atom stereocenters. The number of ketones is 1. The molecule has 0 bridgehead atoms. The molecule has 0 spiro atoms. The van der Waals surface area contributed by atoms with Crippen LogP contribution >= 0.6 is 0 Å². The summed E-state index contributed by atoms with van der Waals surface area (Å²) in [4.78, 5) is 11.8. The molecule has 1 nitrogen and oxygen atoms in total. The summed E-state index contributed by atoms with van der Waals surface area (Å²) in [6.45, 7) is 0. The molecule has 0 fully saturated rings. The molecule has 76 valence electrons. The Morgan fingerprint density at radius 1 is 0.750 bits per heavy atom. The van der Waals surface area contributed by atoms with E-state index in [2.05, 4.69) is 6.07 Å². The van der Waals surface area contributed by atoms with Gasteiger partial charge in [-0.3, -0.25) is 4.79 Å². The van der Waals surface area contributed by atoms with Crippen LogP contribution in [-0.2, 0) is 6.42 Å². The Hall–Kier alpha value is -0.306. The largest absolute Gasteiger partial charge is 3.00 e. The number of Topliss-reactive ketones (excluding diaryl/α,β-unsaturated/α-hetero) is 1. The van der Waals surface area contributed by atoms with Crippen molar-refractivity contribution in [1.29, 1.82) is 0 Å². The van der Waals surface area contributed by atoms with Crippen LogP contribution in [0.5, 0.6) is 0 Å². The number of fused-ring (bicyclic) bond motifs is 3. The Morgan fingerprint density at radius 3 is 2.06 bits per heavy atom. The van der Waals surface area contributed by atoms with Crippen LogP contribution in [0.4, 0.5) is 0 Å². The van der Waals surface area contributed by atoms with Crippen LogP contribution < -0.4 is 0 Å². The van der Waals surface area contributed by atoms with Crippen molar-refractivity contribution in [1.82, 2.24) is 0 Å². The molecule has 0 saturated carbocycles. The molecule has 0 amide bonds. The van der Waals surface area contributed by atoms with Gasteiger partial charge in [0, 0.05) is 12.0 Å². The molecule has 0 heterocycles. The van der Waals surface area contributed by atoms with E-state index in [1.54, 1.807) is 0 Å². The zero-order chi connectivity index (χ0) is 10.3. The first kappa shape index (κ1) is 12.2. The molecule has 0 N–H and O–H groups in total. The smallest absolute Gasteiger partial charge is 0.294 e. The topological polar surface area (TPSA) is 17.1 Å². The molecule has 3 rings (SSSR count). The minimum absolute atomic E-state index is 0. The molecule has 0 unspecified atom stereocenters. The van der Waals surface area contributed by atoms with Crippen molar-refractivity contribution in [3.05, 3.63) is 59.7 Å². The molecule has 0 aliphatic heterocycles. The SMILES string of the molecule is O=C1Cc2ccccc2-c2ccccc21.[Eu+3]. The predicted octanol–water partition coefficient (Wildman–Crippen LogP) is 3.09. The third kappa shape index (κ3) is 1.94. The van der Waals surface area contributed by atoms with Gasteiger partial charge in [0.25, 0.3) is 0 Å². The van der Waals surface area contributed by atoms with Crippen molar-refractivity contribution in [2.45, 2.75) is 6.42 Å². The molecular formula is C14H10EuO+3. The van der Waals surface area contributed by atoms with Gasteiger partial charge in [0.1, 0.15) is 0 Å². The summed E-state index contributed by atoms with van der Waals surface area (Å²) in [5, 5.41) is 0. The van der Waals surface area contributed by atoms with Gasteiger partial charge in [0.05, 0.1) is 0 Å². The van der Waals surface area contributed by atoms with Crippen molar-refractivity contribution in [3.63, 3.8) is 0 Å². The summed E-state index contributed by atoms with van der Waals surface area (Å²) < 4.78 is 0. The van der Waals surface area contributed by atoms with E-state index in [1.165, 1.54) is 5.56 Å². The number of hydrogen-bond acceptors (Lipinski definition) is 1. The second kappa shape index (κ2) is 4.91. The van der Waals surface area contributed by atoms with E-state index in [0.717, 1.165) is 16.7 Å². The number of hydrogen-bond donors (Lipinski definition) is 0. The van der Waals surface area contributed by atoms with Gasteiger partial charge in [0.2, 0.25) is 0 Å². The van der Waals surface area contributed by atoms with E-state index < -0.39 is 0 Å². The Morgan fingerprint density at radius 2 is 1.31 bits per heavy atom. The summed E-state index contributed by atoms with van der Waals surface area (Å²) >= 11 is 0. The van der Waals surface area contributed by atoms with Crippen LogP contribution in [0.1, 0.15) is 15.9 Å². The van der Waals surface area contributed by atoms with Crippen molar-refractivity contribution in [3.8, 4) is 11.1 Å². The fourth-order valence-electron chi connectivity index (χ4n) is 2.17. The van der Waals surface area contributed by atoms with E-state index in [0.29, 0.717) is 6.42 Å². The number of carbonyl (C=O) groups is 1. The fourth-order valence-corrected chi connectivity index (χ4v) is 2.17. The van der Waals surface area contributed by atoms with Gasteiger partial charge in [-0.25, -0.2) is 0 Å². The van der Waals surface area contributed by atoms with Crippen molar-refractivity contribution < 1.29 is 54.2 Å². The standard InChI is InChI=1S/C14H10O.Eu/c15-14-9-10-5-1-2-6-11(10)12-7-3-4-8-13(12)14;/h1-8H,9H2;/q;+3. The minimum atomic E-state index is 0. The van der Waals surface area contributed by atoms with Gasteiger partial charge in [-0.15, -0.1) is 0 Å². The number of carbonyl (C=O) groups excluding carboxylic acids is 1. The normalized spacial score (nSPS) is 12.4. The summed E-state index contributed by atoms with van der Waals surface area (Å²) in [5.41, 5.74) is 4.27. The first-order chi connectivity index (χ1) is 7.36. The van der Waals surface area contributed by atoms with Gasteiger partial charge in [-0.2, -0.15) is 0 Å². The molecule has 1 aliphatic carbocycles. The molecule has 2 aromatic rings. The molecule has 0 saturated heterocycles. The predicted molar refractivity (Wildman–Crippen MR) is 59.9 cm³/mol. The summed E-state index contributed by atoms with van der Waals surface area (Å²) in [7, 11) is 0. The van der Waals surface area contributed by atoms with E-state index in [4.69, 9.17) is 0 Å². The van der Waals surface area contributed by atoms with Crippen molar-refractivity contribution in [2.24, 2.45) is 0 Å². The van der Waals surface area contributed by atoms with E-state index in [1.807, 2.05) is 42.5 Å². The second-order valence-electron chi connectivity index (χ2n) is 3.80. The Kier molecular flexibility index (Phi) is 3.73. The average molecular weight is 346 g/mol. The van der Waals surface area contributed by atoms with Gasteiger partial charge in [-0.05, 0) is 16.7 Å². The molecule has 16 heavy (non-hydrogen) atoms. The molecule has 2 aromatic carbocycles. The number of rotatable bonds is 0. The first-order valence-electron chi connectivity index (χ1n) is 5.07. The molecule has 0 radical (unpaired) electrons. The zero-order valence-corrected chi connectivity index (χ0v) is 11.0. The van der Waals surface area contributed by atoms with Crippen molar-refractivity contribution in [2.75, 3.05) is 0 Å². The van der Waals surface area contributed by atoms with Crippen LogP contribution in [0.15, 0.2) is 48.5 Å². The van der Waals surface area contributed by atoms with Crippen LogP contribution in [-0.4, -0.2) is 5.78 Å². The molecule has 0 aromatic heterocycles. The van der Waals surface area contributed by atoms with Gasteiger partial charge in [0.15, 0.2) is 5.78 Å². The molecule has 1 aliphatic rings. The monoisotopic (exact) mass is 347 g/mol. The van der Waals surface area contributed by atoms with Crippen LogP contribution in [0.25, 0.3) is 11.1 Å². The average Bonchev–Trinajstić information content (AvgIpc) is 2.30. The summed E-state index contributed by atoms with van der Waals surface area (Å²) in [6, 6.07) is 16.0. The van der Waals surface area contributed by atoms with Gasteiger partial charge in [-0.1, -0.05) is 48.5 Å². The minimum Gasteiger partial charge on any atom is -0.294 e. The summed E-state index contributed by atoms with van der Waals surface area (Å²) in [6.07, 6.45) is 0.535. The third-order valence-electron chi connectivity index (χ3n) is 2.89. The van der Waals surface area contributed by atoms with Crippen LogP contribution in [0.2, 0.25) is 0 Å². The number of benzene rings is 2. The fraction of sp³-hybridized carbons (Fsp3) is 0.0714. The van der Waals surface area contributed by atoms with Crippen molar-refractivity contribution >= 4 is 5.78 Å². The molecule has 2 heteroatoms. The quantitative estimate of drug-likeness (QED) is 0.717. The first-order valence-corrected chi connectivity index (χ1v) is 5.07. The Balaban J connectivity index is 0.000000963. The molecular weight excluding hydrogens is 336 g/mol. The van der Waals surface area contributed by atoms with Crippen LogP contribution in [0.3, 0.4) is 0 Å². The maximum atomic E-state index is 11.8. The Bertz CT molecular complexity index is 546. The zero-order valence-electron chi connectivity index (χ0n) is 8.61. The van der Waals surface area contributed by atoms with Gasteiger partial charge < -0.3 is 0 Å². The maximum Gasteiger partial charge on any atom is 3.00 e. The third-order valence-corrected chi connectivity index (χ3v) is 2.89. The maximum absolute atomic E-state index is 11.8. The van der Waals surface area contributed by atoms with E-state index >= 15 is 0 Å². The van der Waals surface area contributed by atoms with E-state index in [9.17, 15) is 4.79 Å². The van der Waals surface area contributed by atoms with E-state index in [-0.39, 0.29) is 55.2 Å². The van der Waals surface area contributed by atoms with Gasteiger partial charge >= 0.3 is 49.4 Å². The Labute approximate surface area is 135 Å².